The monoisotopic (exact) mass is 551 g/mol. The van der Waals surface area contributed by atoms with Gasteiger partial charge < -0.3 is 10.4 Å². The van der Waals surface area contributed by atoms with Crippen molar-refractivity contribution in [2.45, 2.75) is 43.8 Å². The van der Waals surface area contributed by atoms with Crippen molar-refractivity contribution in [3.63, 3.8) is 0 Å². The lowest BCUT2D eigenvalue weighted by atomic mass is 10.0. The predicted molar refractivity (Wildman–Crippen MR) is 131 cm³/mol. The summed E-state index contributed by atoms with van der Waals surface area (Å²) in [6.07, 6.45) is -3.56. The zero-order chi connectivity index (χ0) is 28.2. The summed E-state index contributed by atoms with van der Waals surface area (Å²) in [6, 6.07) is 9.82. The van der Waals surface area contributed by atoms with Crippen LogP contribution in [0.3, 0.4) is 0 Å². The SMILES string of the molecule is O=C(O)C[C@H](CCN1CCCC(F)(F)C1)NC(=O)c1cc(-c2ccccc2C(F)(F)F)n(-c2ccccn2)n1. The van der Waals surface area contributed by atoms with E-state index in [9.17, 15) is 36.6 Å². The van der Waals surface area contributed by atoms with Crippen LogP contribution < -0.4 is 5.32 Å². The number of benzene rings is 1. The number of nitrogens with zero attached hydrogens (tertiary/aromatic N) is 4. The van der Waals surface area contributed by atoms with Crippen LogP contribution in [0.4, 0.5) is 22.0 Å². The van der Waals surface area contributed by atoms with Crippen molar-refractivity contribution in [1.29, 1.82) is 0 Å². The fraction of sp³-hybridized carbons (Fsp3) is 0.385. The number of carbonyl (C=O) groups is 2. The second-order valence-electron chi connectivity index (χ2n) is 9.35. The zero-order valence-corrected chi connectivity index (χ0v) is 20.7. The van der Waals surface area contributed by atoms with Crippen molar-refractivity contribution < 1.29 is 36.6 Å². The minimum Gasteiger partial charge on any atom is -0.481 e. The van der Waals surface area contributed by atoms with Gasteiger partial charge in [0.15, 0.2) is 11.5 Å². The smallest absolute Gasteiger partial charge is 0.417 e. The van der Waals surface area contributed by atoms with Crippen LogP contribution in [0.15, 0.2) is 54.7 Å². The quantitative estimate of drug-likeness (QED) is 0.376. The van der Waals surface area contributed by atoms with Crippen LogP contribution in [-0.4, -0.2) is 68.2 Å². The van der Waals surface area contributed by atoms with E-state index in [2.05, 4.69) is 15.4 Å². The number of hydrogen-bond donors (Lipinski definition) is 2. The highest BCUT2D eigenvalue weighted by Gasteiger charge is 2.36. The fourth-order valence-electron chi connectivity index (χ4n) is 4.56. The lowest BCUT2D eigenvalue weighted by Gasteiger charge is -2.33. The standard InChI is InChI=1S/C26H26F5N5O3/c27-25(28)10-5-12-35(16-25)13-9-17(14-23(37)38)33-24(39)20-15-21(36(34-20)22-8-3-4-11-32-22)18-6-1-2-7-19(18)26(29,30)31/h1-4,6-8,11,15,17H,5,9-10,12-14,16H2,(H,33,39)(H,37,38)/t17-/m0/s1. The van der Waals surface area contributed by atoms with E-state index < -0.39 is 48.5 Å². The Morgan fingerprint density at radius 1 is 1.13 bits per heavy atom. The van der Waals surface area contributed by atoms with E-state index in [1.807, 2.05) is 0 Å². The minimum absolute atomic E-state index is 0.0443. The van der Waals surface area contributed by atoms with E-state index in [1.165, 1.54) is 41.4 Å². The zero-order valence-electron chi connectivity index (χ0n) is 20.7. The third-order valence-electron chi connectivity index (χ3n) is 6.34. The number of carbonyl (C=O) groups excluding carboxylic acids is 1. The van der Waals surface area contributed by atoms with Crippen molar-refractivity contribution >= 4 is 11.9 Å². The molecule has 1 atom stereocenters. The topological polar surface area (TPSA) is 100 Å². The van der Waals surface area contributed by atoms with E-state index in [1.54, 1.807) is 12.1 Å². The minimum atomic E-state index is -4.68. The van der Waals surface area contributed by atoms with E-state index in [4.69, 9.17) is 0 Å². The summed E-state index contributed by atoms with van der Waals surface area (Å²) in [5.41, 5.74) is -1.46. The molecule has 0 bridgehead atoms. The Labute approximate surface area is 220 Å². The van der Waals surface area contributed by atoms with Crippen LogP contribution in [0.1, 0.15) is 41.7 Å². The highest BCUT2D eigenvalue weighted by Crippen LogP contribution is 2.37. The number of pyridine rings is 1. The second kappa shape index (κ2) is 11.5. The number of rotatable bonds is 9. The molecule has 1 aliphatic heterocycles. The van der Waals surface area contributed by atoms with Crippen LogP contribution in [0, 0.1) is 0 Å². The third-order valence-corrected chi connectivity index (χ3v) is 6.34. The molecule has 0 aliphatic carbocycles. The van der Waals surface area contributed by atoms with Crippen LogP contribution in [-0.2, 0) is 11.0 Å². The van der Waals surface area contributed by atoms with Gasteiger partial charge in [0.25, 0.3) is 11.8 Å². The van der Waals surface area contributed by atoms with Gasteiger partial charge in [-0.1, -0.05) is 24.3 Å². The molecule has 3 aromatic rings. The Balaban J connectivity index is 1.62. The number of piperidine rings is 1. The number of aliphatic carboxylic acids is 1. The van der Waals surface area contributed by atoms with Gasteiger partial charge in [0, 0.05) is 30.8 Å². The van der Waals surface area contributed by atoms with Gasteiger partial charge in [-0.25, -0.2) is 18.4 Å². The van der Waals surface area contributed by atoms with E-state index >= 15 is 0 Å². The number of likely N-dealkylation sites (tertiary alicyclic amines) is 1. The summed E-state index contributed by atoms with van der Waals surface area (Å²) in [5.74, 6) is -4.68. The number of nitrogens with one attached hydrogen (secondary N) is 1. The molecule has 2 N–H and O–H groups in total. The van der Waals surface area contributed by atoms with Gasteiger partial charge in [-0.05, 0) is 43.7 Å². The molecule has 0 radical (unpaired) electrons. The third kappa shape index (κ3) is 7.16. The molecular formula is C26H26F5N5O3. The number of carboxylic acids is 1. The molecular weight excluding hydrogens is 525 g/mol. The summed E-state index contributed by atoms with van der Waals surface area (Å²) in [7, 11) is 0. The molecule has 208 valence electrons. The van der Waals surface area contributed by atoms with E-state index in [0.29, 0.717) is 13.0 Å². The molecule has 8 nitrogen and oxygen atoms in total. The molecule has 1 aromatic carbocycles. The highest BCUT2D eigenvalue weighted by atomic mass is 19.4. The molecule has 1 fully saturated rings. The number of carboxylic acid groups (broad SMARTS) is 1. The maximum absolute atomic E-state index is 13.8. The molecule has 13 heteroatoms. The first kappa shape index (κ1) is 28.1. The van der Waals surface area contributed by atoms with Crippen molar-refractivity contribution in [2.24, 2.45) is 0 Å². The van der Waals surface area contributed by atoms with Crippen LogP contribution >= 0.6 is 0 Å². The van der Waals surface area contributed by atoms with Crippen LogP contribution in [0.2, 0.25) is 0 Å². The largest absolute Gasteiger partial charge is 0.481 e. The van der Waals surface area contributed by atoms with Crippen molar-refractivity contribution in [1.82, 2.24) is 25.0 Å². The number of halogens is 5. The summed E-state index contributed by atoms with van der Waals surface area (Å²) in [4.78, 5) is 30.2. The molecule has 0 unspecified atom stereocenters. The second-order valence-corrected chi connectivity index (χ2v) is 9.35. The van der Waals surface area contributed by atoms with Gasteiger partial charge in [-0.3, -0.25) is 14.5 Å². The van der Waals surface area contributed by atoms with Crippen LogP contribution in [0.5, 0.6) is 0 Å². The van der Waals surface area contributed by atoms with Crippen molar-refractivity contribution in [3.8, 4) is 17.1 Å². The Morgan fingerprint density at radius 2 is 1.87 bits per heavy atom. The van der Waals surface area contributed by atoms with Crippen molar-refractivity contribution in [3.05, 3.63) is 66.0 Å². The molecule has 3 heterocycles. The maximum Gasteiger partial charge on any atom is 0.417 e. The molecule has 0 spiro atoms. The Hall–Kier alpha value is -3.87. The number of amides is 1. The Morgan fingerprint density at radius 3 is 2.54 bits per heavy atom. The molecule has 1 saturated heterocycles. The number of hydrogen-bond acceptors (Lipinski definition) is 5. The van der Waals surface area contributed by atoms with Gasteiger partial charge in [-0.15, -0.1) is 0 Å². The molecule has 4 rings (SSSR count). The summed E-state index contributed by atoms with van der Waals surface area (Å²) in [5, 5.41) is 16.1. The number of alkyl halides is 5. The lowest BCUT2D eigenvalue weighted by Crippen LogP contribution is -2.45. The van der Waals surface area contributed by atoms with Gasteiger partial charge >= 0.3 is 12.1 Å². The van der Waals surface area contributed by atoms with Gasteiger partial charge in [0.1, 0.15) is 0 Å². The molecule has 39 heavy (non-hydrogen) atoms. The summed E-state index contributed by atoms with van der Waals surface area (Å²) in [6.45, 7) is 0.122. The highest BCUT2D eigenvalue weighted by molar-refractivity contribution is 5.94. The first-order chi connectivity index (χ1) is 18.4. The van der Waals surface area contributed by atoms with Crippen molar-refractivity contribution in [2.75, 3.05) is 19.6 Å². The first-order valence-electron chi connectivity index (χ1n) is 12.2. The molecule has 0 saturated carbocycles. The number of aromatic nitrogens is 3. The summed E-state index contributed by atoms with van der Waals surface area (Å²) >= 11 is 0. The van der Waals surface area contributed by atoms with Gasteiger partial charge in [0.05, 0.1) is 24.2 Å². The first-order valence-corrected chi connectivity index (χ1v) is 12.2. The summed E-state index contributed by atoms with van der Waals surface area (Å²) < 4.78 is 70.0. The van der Waals surface area contributed by atoms with E-state index in [-0.39, 0.29) is 42.2 Å². The average molecular weight is 552 g/mol. The van der Waals surface area contributed by atoms with Gasteiger partial charge in [-0.2, -0.15) is 18.3 Å². The van der Waals surface area contributed by atoms with Gasteiger partial charge in [0.2, 0.25) is 0 Å². The molecule has 1 amide bonds. The normalized spacial score (nSPS) is 16.5. The lowest BCUT2D eigenvalue weighted by molar-refractivity contribution is -0.138. The molecule has 2 aromatic heterocycles. The molecule has 1 aliphatic rings. The van der Waals surface area contributed by atoms with Crippen LogP contribution in [0.25, 0.3) is 17.1 Å². The predicted octanol–water partition coefficient (Wildman–Crippen LogP) is 4.65. The Bertz CT molecular complexity index is 1310. The maximum atomic E-state index is 13.8. The Kier molecular flexibility index (Phi) is 8.28. The average Bonchev–Trinajstić information content (AvgIpc) is 3.32. The van der Waals surface area contributed by atoms with E-state index in [0.717, 1.165) is 10.7 Å². The fourth-order valence-corrected chi connectivity index (χ4v) is 4.56.